The monoisotopic (exact) mass is 266 g/mol. The Bertz CT molecular complexity index is 263. The third-order valence-corrected chi connectivity index (χ3v) is 3.56. The maximum absolute atomic E-state index is 8.97. The number of hydrogen-bond donors (Lipinski definition) is 2. The van der Waals surface area contributed by atoms with E-state index >= 15 is 0 Å². The number of aliphatic hydroxyl groups excluding tert-OH is 1. The quantitative estimate of drug-likeness (QED) is 0.444. The summed E-state index contributed by atoms with van der Waals surface area (Å²) in [5, 5.41) is 12.3. The number of nitrogens with one attached hydrogen (secondary N) is 1. The summed E-state index contributed by atoms with van der Waals surface area (Å²) in [4.78, 5) is 2.19. The molecule has 0 bridgehead atoms. The van der Waals surface area contributed by atoms with Gasteiger partial charge in [-0.2, -0.15) is 0 Å². The molecule has 1 rings (SSSR count). The summed E-state index contributed by atoms with van der Waals surface area (Å²) in [6.07, 6.45) is 19.2. The third-order valence-electron chi connectivity index (χ3n) is 3.56. The van der Waals surface area contributed by atoms with Crippen molar-refractivity contribution in [2.75, 3.05) is 13.2 Å². The molecule has 0 aromatic heterocycles. The zero-order valence-corrected chi connectivity index (χ0v) is 12.4. The summed E-state index contributed by atoms with van der Waals surface area (Å²) in [5.41, 5.74) is 0. The smallest absolute Gasteiger partial charge is 0.0982 e. The van der Waals surface area contributed by atoms with Crippen molar-refractivity contribution in [2.24, 2.45) is 0 Å². The molecule has 1 aliphatic rings. The Kier molecular flexibility index (Phi) is 9.25. The van der Waals surface area contributed by atoms with Gasteiger partial charge in [-0.15, -0.1) is 0 Å². The Labute approximate surface area is 118 Å². The van der Waals surface area contributed by atoms with Gasteiger partial charge in [0.2, 0.25) is 0 Å². The van der Waals surface area contributed by atoms with Gasteiger partial charge in [0.1, 0.15) is 0 Å². The average Bonchev–Trinajstić information content (AvgIpc) is 2.85. The molecule has 0 aromatic carbocycles. The molecule has 1 atom stereocenters. The number of unbranched alkanes of at least 4 members (excludes halogenated alkanes) is 5. The fraction of sp³-hybridized carbons (Fsp3) is 0.750. The number of aliphatic hydroxyl groups is 1. The fourth-order valence-corrected chi connectivity index (χ4v) is 2.46. The number of rotatable bonds is 11. The molecule has 3 heteroatoms. The number of β-amino-alcohol motifs (C(OH)–C–C–N with tert-alkyl or cyclic N) is 1. The van der Waals surface area contributed by atoms with Crippen LogP contribution in [0.3, 0.4) is 0 Å². The normalized spacial score (nSPS) is 18.4. The molecule has 0 spiro atoms. The van der Waals surface area contributed by atoms with Crippen LogP contribution in [-0.4, -0.2) is 29.3 Å². The van der Waals surface area contributed by atoms with Crippen molar-refractivity contribution in [3.05, 3.63) is 24.6 Å². The van der Waals surface area contributed by atoms with Crippen LogP contribution in [0, 0.1) is 0 Å². The summed E-state index contributed by atoms with van der Waals surface area (Å²) in [6.45, 7) is 3.15. The lowest BCUT2D eigenvalue weighted by Crippen LogP contribution is -2.36. The van der Waals surface area contributed by atoms with E-state index in [4.69, 9.17) is 5.11 Å². The molecule has 1 aliphatic heterocycles. The Morgan fingerprint density at radius 1 is 1.16 bits per heavy atom. The predicted octanol–water partition coefficient (Wildman–Crippen LogP) is 3.38. The van der Waals surface area contributed by atoms with E-state index in [-0.39, 0.29) is 6.61 Å². The van der Waals surface area contributed by atoms with Crippen LogP contribution in [0.15, 0.2) is 24.6 Å². The van der Waals surface area contributed by atoms with E-state index in [2.05, 4.69) is 29.3 Å². The van der Waals surface area contributed by atoms with Gasteiger partial charge in [-0.1, -0.05) is 38.3 Å². The summed E-state index contributed by atoms with van der Waals surface area (Å²) < 4.78 is 0. The Hall–Kier alpha value is -0.960. The molecule has 1 heterocycles. The molecule has 0 saturated carbocycles. The van der Waals surface area contributed by atoms with E-state index < -0.39 is 0 Å². The van der Waals surface area contributed by atoms with Crippen LogP contribution in [0.1, 0.15) is 58.3 Å². The van der Waals surface area contributed by atoms with Crippen LogP contribution in [0.25, 0.3) is 0 Å². The summed E-state index contributed by atoms with van der Waals surface area (Å²) in [6, 6.07) is 0. The minimum Gasteiger partial charge on any atom is -0.395 e. The fourth-order valence-electron chi connectivity index (χ4n) is 2.46. The maximum atomic E-state index is 8.97. The van der Waals surface area contributed by atoms with Gasteiger partial charge in [-0.3, -0.25) is 0 Å². The minimum atomic E-state index is 0.230. The zero-order valence-electron chi connectivity index (χ0n) is 12.4. The van der Waals surface area contributed by atoms with Crippen LogP contribution in [0.4, 0.5) is 0 Å². The summed E-state index contributed by atoms with van der Waals surface area (Å²) in [7, 11) is 0. The molecule has 1 unspecified atom stereocenters. The summed E-state index contributed by atoms with van der Waals surface area (Å²) >= 11 is 0. The van der Waals surface area contributed by atoms with Gasteiger partial charge in [0, 0.05) is 18.9 Å². The molecule has 19 heavy (non-hydrogen) atoms. The molecule has 0 saturated heterocycles. The van der Waals surface area contributed by atoms with Gasteiger partial charge in [-0.05, 0) is 32.1 Å². The molecular formula is C16H30N2O. The highest BCUT2D eigenvalue weighted by Crippen LogP contribution is 2.14. The molecule has 0 radical (unpaired) electrons. The lowest BCUT2D eigenvalue weighted by Gasteiger charge is -2.24. The molecule has 0 fully saturated rings. The van der Waals surface area contributed by atoms with E-state index in [1.54, 1.807) is 0 Å². The summed E-state index contributed by atoms with van der Waals surface area (Å²) in [5.74, 6) is 0. The molecule has 110 valence electrons. The van der Waals surface area contributed by atoms with Crippen LogP contribution in [-0.2, 0) is 0 Å². The van der Waals surface area contributed by atoms with Crippen molar-refractivity contribution in [2.45, 2.75) is 64.5 Å². The van der Waals surface area contributed by atoms with Crippen molar-refractivity contribution < 1.29 is 5.11 Å². The Morgan fingerprint density at radius 3 is 2.74 bits per heavy atom. The van der Waals surface area contributed by atoms with Crippen molar-refractivity contribution in [3.63, 3.8) is 0 Å². The van der Waals surface area contributed by atoms with Gasteiger partial charge in [-0.25, -0.2) is 0 Å². The highest BCUT2D eigenvalue weighted by Gasteiger charge is 2.16. The van der Waals surface area contributed by atoms with E-state index in [0.29, 0.717) is 6.17 Å². The number of allylic oxidation sites excluding steroid dienone is 2. The molecule has 0 amide bonds. The number of hydrogen-bond acceptors (Lipinski definition) is 3. The SMILES string of the molecule is CC/C=C/CCCCCCCC1NC=CN1CCO. The van der Waals surface area contributed by atoms with Crippen molar-refractivity contribution in [1.29, 1.82) is 0 Å². The predicted molar refractivity (Wildman–Crippen MR) is 81.6 cm³/mol. The highest BCUT2D eigenvalue weighted by molar-refractivity contribution is 4.93. The topological polar surface area (TPSA) is 35.5 Å². The maximum Gasteiger partial charge on any atom is 0.0982 e. The largest absolute Gasteiger partial charge is 0.395 e. The number of nitrogens with zero attached hydrogens (tertiary/aromatic N) is 1. The first kappa shape index (κ1) is 16.1. The highest BCUT2D eigenvalue weighted by atomic mass is 16.3. The van der Waals surface area contributed by atoms with Crippen molar-refractivity contribution in [1.82, 2.24) is 10.2 Å². The van der Waals surface area contributed by atoms with E-state index in [9.17, 15) is 0 Å². The van der Waals surface area contributed by atoms with Gasteiger partial charge in [0.25, 0.3) is 0 Å². The average molecular weight is 266 g/mol. The first-order valence-corrected chi connectivity index (χ1v) is 7.82. The molecule has 0 aromatic rings. The zero-order chi connectivity index (χ0) is 13.8. The van der Waals surface area contributed by atoms with Gasteiger partial charge < -0.3 is 15.3 Å². The van der Waals surface area contributed by atoms with E-state index in [1.807, 2.05) is 12.4 Å². The molecular weight excluding hydrogens is 236 g/mol. The first-order chi connectivity index (χ1) is 9.38. The van der Waals surface area contributed by atoms with Crippen LogP contribution in [0.5, 0.6) is 0 Å². The second-order valence-corrected chi connectivity index (χ2v) is 5.18. The standard InChI is InChI=1S/C16H30N2O/c1-2-3-4-5-6-7-8-9-10-11-16-17-12-13-18(16)14-15-19/h3-4,12-13,16-17,19H,2,5-11,14-15H2,1H3/b4-3+. The second-order valence-electron chi connectivity index (χ2n) is 5.18. The molecule has 0 aliphatic carbocycles. The van der Waals surface area contributed by atoms with Crippen LogP contribution < -0.4 is 5.32 Å². The van der Waals surface area contributed by atoms with Gasteiger partial charge >= 0.3 is 0 Å². The molecule has 2 N–H and O–H groups in total. The Morgan fingerprint density at radius 2 is 1.95 bits per heavy atom. The van der Waals surface area contributed by atoms with Crippen LogP contribution >= 0.6 is 0 Å². The van der Waals surface area contributed by atoms with Gasteiger partial charge in [0.15, 0.2) is 0 Å². The lowest BCUT2D eigenvalue weighted by atomic mass is 10.1. The lowest BCUT2D eigenvalue weighted by molar-refractivity contribution is 0.194. The first-order valence-electron chi connectivity index (χ1n) is 7.82. The third kappa shape index (κ3) is 7.26. The van der Waals surface area contributed by atoms with Gasteiger partial charge in [0.05, 0.1) is 12.8 Å². The second kappa shape index (κ2) is 10.9. The minimum absolute atomic E-state index is 0.230. The van der Waals surface area contributed by atoms with Crippen molar-refractivity contribution in [3.8, 4) is 0 Å². The Balaban J connectivity index is 1.92. The van der Waals surface area contributed by atoms with E-state index in [1.165, 1.54) is 44.9 Å². The van der Waals surface area contributed by atoms with E-state index in [0.717, 1.165) is 13.0 Å². The van der Waals surface area contributed by atoms with Crippen LogP contribution in [0.2, 0.25) is 0 Å². The van der Waals surface area contributed by atoms with Crippen molar-refractivity contribution >= 4 is 0 Å². The molecule has 3 nitrogen and oxygen atoms in total.